The highest BCUT2D eigenvalue weighted by Gasteiger charge is 2.45. The van der Waals surface area contributed by atoms with Gasteiger partial charge in [0.05, 0.1) is 19.3 Å². The molecule has 0 bridgehead atoms. The number of hydrogen-bond donors (Lipinski definition) is 1. The minimum Gasteiger partial charge on any atom is -0.387 e. The van der Waals surface area contributed by atoms with Crippen molar-refractivity contribution in [2.24, 2.45) is 0 Å². The van der Waals surface area contributed by atoms with E-state index in [1.165, 1.54) is 0 Å². The van der Waals surface area contributed by atoms with Crippen LogP contribution < -0.4 is 0 Å². The molecule has 0 aromatic heterocycles. The second-order valence-corrected chi connectivity index (χ2v) is 6.46. The number of ether oxygens (including phenoxy) is 4. The Balaban J connectivity index is 1.64. The molecule has 26 heavy (non-hydrogen) atoms. The van der Waals surface area contributed by atoms with Gasteiger partial charge in [-0.05, 0) is 18.1 Å². The first kappa shape index (κ1) is 19.0. The highest BCUT2D eigenvalue weighted by Crippen LogP contribution is 2.27. The molecule has 0 radical (unpaired) electrons. The van der Waals surface area contributed by atoms with E-state index in [0.29, 0.717) is 13.2 Å². The molecule has 0 saturated carbocycles. The smallest absolute Gasteiger partial charge is 0.186 e. The summed E-state index contributed by atoms with van der Waals surface area (Å²) in [5, 5.41) is 10.8. The van der Waals surface area contributed by atoms with Crippen LogP contribution >= 0.6 is 0 Å². The standard InChI is InChI=1S/C21H26O5/c1-15-19(24-13-16-9-5-3-6-10-16)18(22)20(21(23-2)26-15)25-14-17-11-7-4-8-12-17/h3-12,15,18-22H,13-14H2,1-2H3/t15?,18?,19-,20?,21-/m1/s1. The molecular formula is C21H26O5. The zero-order chi connectivity index (χ0) is 18.4. The predicted molar refractivity (Wildman–Crippen MR) is 97.4 cm³/mol. The summed E-state index contributed by atoms with van der Waals surface area (Å²) in [6.07, 6.45) is -2.92. The van der Waals surface area contributed by atoms with Crippen molar-refractivity contribution in [2.45, 2.75) is 50.8 Å². The topological polar surface area (TPSA) is 57.2 Å². The number of aliphatic hydroxyl groups excluding tert-OH is 1. The molecular weight excluding hydrogens is 332 g/mol. The third kappa shape index (κ3) is 4.69. The van der Waals surface area contributed by atoms with E-state index in [1.807, 2.05) is 67.6 Å². The van der Waals surface area contributed by atoms with Crippen molar-refractivity contribution in [3.63, 3.8) is 0 Å². The van der Waals surface area contributed by atoms with Crippen molar-refractivity contribution in [1.82, 2.24) is 0 Å². The van der Waals surface area contributed by atoms with E-state index in [2.05, 4.69) is 0 Å². The van der Waals surface area contributed by atoms with Crippen molar-refractivity contribution >= 4 is 0 Å². The van der Waals surface area contributed by atoms with Gasteiger partial charge >= 0.3 is 0 Å². The lowest BCUT2D eigenvalue weighted by Crippen LogP contribution is -2.58. The first-order valence-corrected chi connectivity index (χ1v) is 8.86. The molecule has 5 nitrogen and oxygen atoms in total. The van der Waals surface area contributed by atoms with Gasteiger partial charge in [-0.3, -0.25) is 0 Å². The third-order valence-corrected chi connectivity index (χ3v) is 4.56. The van der Waals surface area contributed by atoms with E-state index in [1.54, 1.807) is 7.11 Å². The molecule has 1 fully saturated rings. The fraction of sp³-hybridized carbons (Fsp3) is 0.429. The zero-order valence-electron chi connectivity index (χ0n) is 15.2. The summed E-state index contributed by atoms with van der Waals surface area (Å²) in [5.41, 5.74) is 2.07. The maximum Gasteiger partial charge on any atom is 0.186 e. The number of rotatable bonds is 7. The van der Waals surface area contributed by atoms with Crippen LogP contribution in [0.4, 0.5) is 0 Å². The Bertz CT molecular complexity index is 648. The van der Waals surface area contributed by atoms with Crippen molar-refractivity contribution in [2.75, 3.05) is 7.11 Å². The summed E-state index contributed by atoms with van der Waals surface area (Å²) >= 11 is 0. The van der Waals surface area contributed by atoms with Gasteiger partial charge in [-0.25, -0.2) is 0 Å². The molecule has 1 heterocycles. The van der Waals surface area contributed by atoms with Crippen LogP contribution in [0.5, 0.6) is 0 Å². The molecule has 3 rings (SSSR count). The summed E-state index contributed by atoms with van der Waals surface area (Å²) in [7, 11) is 1.55. The van der Waals surface area contributed by atoms with Gasteiger partial charge in [0, 0.05) is 7.11 Å². The Hall–Kier alpha value is -1.76. The SMILES string of the molecule is CO[C@@H]1OC(C)[C@@H](OCc2ccccc2)C(O)C1OCc1ccccc1. The normalized spacial score (nSPS) is 28.8. The van der Waals surface area contributed by atoms with Crippen LogP contribution in [-0.4, -0.2) is 42.9 Å². The van der Waals surface area contributed by atoms with Crippen molar-refractivity contribution in [3.05, 3.63) is 71.8 Å². The second-order valence-electron chi connectivity index (χ2n) is 6.46. The molecule has 1 saturated heterocycles. The number of aliphatic hydroxyl groups is 1. The number of benzene rings is 2. The van der Waals surface area contributed by atoms with E-state index in [-0.39, 0.29) is 6.10 Å². The Morgan fingerprint density at radius 2 is 1.35 bits per heavy atom. The highest BCUT2D eigenvalue weighted by atomic mass is 16.7. The minimum atomic E-state index is -0.851. The van der Waals surface area contributed by atoms with Gasteiger partial charge < -0.3 is 24.1 Å². The molecule has 140 valence electrons. The van der Waals surface area contributed by atoms with Gasteiger partial charge in [0.25, 0.3) is 0 Å². The molecule has 2 aromatic carbocycles. The van der Waals surface area contributed by atoms with E-state index >= 15 is 0 Å². The lowest BCUT2D eigenvalue weighted by molar-refractivity contribution is -0.305. The Labute approximate surface area is 154 Å². The average molecular weight is 358 g/mol. The summed E-state index contributed by atoms with van der Waals surface area (Å²) in [4.78, 5) is 0. The van der Waals surface area contributed by atoms with E-state index < -0.39 is 24.6 Å². The monoisotopic (exact) mass is 358 g/mol. The molecule has 0 aliphatic carbocycles. The third-order valence-electron chi connectivity index (χ3n) is 4.56. The molecule has 5 atom stereocenters. The first-order valence-electron chi connectivity index (χ1n) is 8.86. The Kier molecular flexibility index (Phi) is 6.77. The maximum absolute atomic E-state index is 10.8. The predicted octanol–water partition coefficient (Wildman–Crippen LogP) is 2.91. The first-order chi connectivity index (χ1) is 12.7. The van der Waals surface area contributed by atoms with Gasteiger partial charge in [-0.15, -0.1) is 0 Å². The summed E-state index contributed by atoms with van der Waals surface area (Å²) in [6, 6.07) is 19.7. The van der Waals surface area contributed by atoms with Crippen LogP contribution in [0.3, 0.4) is 0 Å². The van der Waals surface area contributed by atoms with E-state index in [0.717, 1.165) is 11.1 Å². The summed E-state index contributed by atoms with van der Waals surface area (Å²) in [5.74, 6) is 0. The van der Waals surface area contributed by atoms with Crippen LogP contribution in [0.25, 0.3) is 0 Å². The quantitative estimate of drug-likeness (QED) is 0.825. The zero-order valence-corrected chi connectivity index (χ0v) is 15.2. The summed E-state index contributed by atoms with van der Waals surface area (Å²) < 4.78 is 23.2. The summed E-state index contributed by atoms with van der Waals surface area (Å²) in [6.45, 7) is 2.64. The van der Waals surface area contributed by atoms with Crippen LogP contribution in [-0.2, 0) is 32.2 Å². The van der Waals surface area contributed by atoms with Gasteiger partial charge in [-0.2, -0.15) is 0 Å². The fourth-order valence-electron chi connectivity index (χ4n) is 3.13. The number of methoxy groups -OCH3 is 1. The minimum absolute atomic E-state index is 0.310. The average Bonchev–Trinajstić information content (AvgIpc) is 2.68. The molecule has 1 aliphatic rings. The molecule has 5 heteroatoms. The number of hydrogen-bond acceptors (Lipinski definition) is 5. The van der Waals surface area contributed by atoms with Crippen LogP contribution in [0, 0.1) is 0 Å². The molecule has 1 aliphatic heterocycles. The maximum atomic E-state index is 10.8. The second kappa shape index (κ2) is 9.26. The molecule has 2 aromatic rings. The van der Waals surface area contributed by atoms with Crippen LogP contribution in [0.15, 0.2) is 60.7 Å². The molecule has 0 amide bonds. The highest BCUT2D eigenvalue weighted by molar-refractivity contribution is 5.14. The van der Waals surface area contributed by atoms with E-state index in [9.17, 15) is 5.11 Å². The van der Waals surface area contributed by atoms with Gasteiger partial charge in [0.1, 0.15) is 18.3 Å². The van der Waals surface area contributed by atoms with Crippen molar-refractivity contribution < 1.29 is 24.1 Å². The lowest BCUT2D eigenvalue weighted by atomic mass is 9.99. The van der Waals surface area contributed by atoms with Crippen LogP contribution in [0.1, 0.15) is 18.1 Å². The van der Waals surface area contributed by atoms with Gasteiger partial charge in [-0.1, -0.05) is 60.7 Å². The van der Waals surface area contributed by atoms with Gasteiger partial charge in [0.2, 0.25) is 0 Å². The molecule has 3 unspecified atom stereocenters. The molecule has 0 spiro atoms. The Morgan fingerprint density at radius 3 is 1.85 bits per heavy atom. The van der Waals surface area contributed by atoms with Gasteiger partial charge in [0.15, 0.2) is 6.29 Å². The van der Waals surface area contributed by atoms with Crippen LogP contribution in [0.2, 0.25) is 0 Å². The van der Waals surface area contributed by atoms with Crippen molar-refractivity contribution in [1.29, 1.82) is 0 Å². The van der Waals surface area contributed by atoms with E-state index in [4.69, 9.17) is 18.9 Å². The largest absolute Gasteiger partial charge is 0.387 e. The molecule has 1 N–H and O–H groups in total. The lowest BCUT2D eigenvalue weighted by Gasteiger charge is -2.42. The Morgan fingerprint density at radius 1 is 0.846 bits per heavy atom. The van der Waals surface area contributed by atoms with Crippen molar-refractivity contribution in [3.8, 4) is 0 Å². The fourth-order valence-corrected chi connectivity index (χ4v) is 3.13.